The number of nitrogens with zero attached hydrogens (tertiary/aromatic N) is 1. The Morgan fingerprint density at radius 1 is 1.18 bits per heavy atom. The van der Waals surface area contributed by atoms with Crippen molar-refractivity contribution in [2.75, 3.05) is 0 Å². The van der Waals surface area contributed by atoms with Gasteiger partial charge in [-0.15, -0.1) is 0 Å². The molecule has 0 amide bonds. The average Bonchev–Trinajstić information content (AvgIpc) is 2.59. The van der Waals surface area contributed by atoms with Crippen LogP contribution < -0.4 is 0 Å². The lowest BCUT2D eigenvalue weighted by atomic mass is 9.90. The molecule has 150 valence electrons. The van der Waals surface area contributed by atoms with Gasteiger partial charge in [0, 0.05) is 11.8 Å². The van der Waals surface area contributed by atoms with Crippen LogP contribution in [0.2, 0.25) is 10.2 Å². The molecule has 28 heavy (non-hydrogen) atoms. The molecule has 1 atom stereocenters. The van der Waals surface area contributed by atoms with E-state index < -0.39 is 29.1 Å². The lowest BCUT2D eigenvalue weighted by molar-refractivity contribution is -0.155. The number of hydrogen-bond acceptors (Lipinski definition) is 4. The van der Waals surface area contributed by atoms with E-state index in [9.17, 15) is 9.59 Å². The van der Waals surface area contributed by atoms with Crippen LogP contribution in [0.15, 0.2) is 30.5 Å². The van der Waals surface area contributed by atoms with E-state index in [2.05, 4.69) is 4.98 Å². The van der Waals surface area contributed by atoms with E-state index in [0.29, 0.717) is 6.42 Å². The van der Waals surface area contributed by atoms with E-state index in [4.69, 9.17) is 27.9 Å². The summed E-state index contributed by atoms with van der Waals surface area (Å²) >= 11 is 11.9. The van der Waals surface area contributed by atoms with Gasteiger partial charge in [-0.05, 0) is 56.9 Å². The molecule has 0 aliphatic heterocycles. The van der Waals surface area contributed by atoms with Crippen LogP contribution in [0.25, 0.3) is 0 Å². The first-order chi connectivity index (χ1) is 13.0. The van der Waals surface area contributed by atoms with Crippen LogP contribution in [0.3, 0.4) is 0 Å². The van der Waals surface area contributed by atoms with Crippen molar-refractivity contribution in [2.24, 2.45) is 0 Å². The number of halogens is 3. The third-order valence-corrected chi connectivity index (χ3v) is 4.64. The first kappa shape index (κ1) is 22.3. The predicted octanol–water partition coefficient (Wildman–Crippen LogP) is 5.98. The second-order valence-corrected chi connectivity index (χ2v) is 8.21. The molecular weight excluding hydrogens is 404 g/mol. The summed E-state index contributed by atoms with van der Waals surface area (Å²) < 4.78 is 20.6. The molecule has 0 aliphatic rings. The van der Waals surface area contributed by atoms with Crippen molar-refractivity contribution in [3.63, 3.8) is 0 Å². The highest BCUT2D eigenvalue weighted by Gasteiger charge is 2.27. The minimum absolute atomic E-state index is 0.00243. The molecule has 2 rings (SSSR count). The summed E-state index contributed by atoms with van der Waals surface area (Å²) in [6, 6.07) is 5.88. The molecule has 0 unspecified atom stereocenters. The molecule has 0 radical (unpaired) electrons. The average molecular weight is 426 g/mol. The molecule has 1 heterocycles. The monoisotopic (exact) mass is 425 g/mol. The van der Waals surface area contributed by atoms with Crippen molar-refractivity contribution >= 4 is 35.0 Å². The van der Waals surface area contributed by atoms with E-state index in [1.54, 1.807) is 20.8 Å². The van der Waals surface area contributed by atoms with Gasteiger partial charge in [-0.1, -0.05) is 36.2 Å². The van der Waals surface area contributed by atoms with Crippen molar-refractivity contribution in [2.45, 2.75) is 52.1 Å². The number of aromatic nitrogens is 1. The number of pyridine rings is 1. The topological polar surface area (TPSA) is 56.3 Å². The fourth-order valence-corrected chi connectivity index (χ4v) is 3.15. The van der Waals surface area contributed by atoms with E-state index in [0.717, 1.165) is 0 Å². The Balaban J connectivity index is 2.38. The van der Waals surface area contributed by atoms with Gasteiger partial charge in [0.25, 0.3) is 0 Å². The predicted molar refractivity (Wildman–Crippen MR) is 108 cm³/mol. The van der Waals surface area contributed by atoms with Gasteiger partial charge >= 0.3 is 5.97 Å². The Morgan fingerprint density at radius 3 is 2.39 bits per heavy atom. The van der Waals surface area contributed by atoms with Crippen LogP contribution in [0.1, 0.15) is 67.9 Å². The zero-order valence-corrected chi connectivity index (χ0v) is 17.7. The van der Waals surface area contributed by atoms with Crippen LogP contribution in [0, 0.1) is 5.82 Å². The molecule has 2 aromatic rings. The molecule has 0 saturated heterocycles. The maximum absolute atomic E-state index is 15.3. The Morgan fingerprint density at radius 2 is 1.86 bits per heavy atom. The maximum atomic E-state index is 15.3. The number of rotatable bonds is 6. The van der Waals surface area contributed by atoms with Crippen molar-refractivity contribution in [3.05, 3.63) is 63.1 Å². The van der Waals surface area contributed by atoms with E-state index in [1.807, 2.05) is 6.92 Å². The second-order valence-electron chi connectivity index (χ2n) is 7.42. The Bertz CT molecular complexity index is 876. The third-order valence-electron chi connectivity index (χ3n) is 4.10. The quantitative estimate of drug-likeness (QED) is 0.324. The fraction of sp³-hybridized carbons (Fsp3) is 0.381. The van der Waals surface area contributed by atoms with Crippen molar-refractivity contribution in [1.29, 1.82) is 0 Å². The first-order valence-electron chi connectivity index (χ1n) is 8.89. The molecule has 0 fully saturated rings. The number of hydrogen-bond donors (Lipinski definition) is 0. The van der Waals surface area contributed by atoms with Crippen LogP contribution in [-0.4, -0.2) is 22.3 Å². The summed E-state index contributed by atoms with van der Waals surface area (Å²) in [6.07, 6.45) is 1.77. The smallest absolute Gasteiger partial charge is 0.306 e. The van der Waals surface area contributed by atoms with Crippen LogP contribution in [0.5, 0.6) is 0 Å². The summed E-state index contributed by atoms with van der Waals surface area (Å²) in [7, 11) is 0. The normalized spacial score (nSPS) is 12.5. The van der Waals surface area contributed by atoms with Gasteiger partial charge in [-0.2, -0.15) is 0 Å². The van der Waals surface area contributed by atoms with Gasteiger partial charge in [0.05, 0.1) is 17.0 Å². The van der Waals surface area contributed by atoms with Crippen molar-refractivity contribution in [3.8, 4) is 0 Å². The van der Waals surface area contributed by atoms with E-state index >= 15 is 4.39 Å². The number of ether oxygens (including phenoxy) is 1. The van der Waals surface area contributed by atoms with Gasteiger partial charge in [-0.25, -0.2) is 9.37 Å². The minimum Gasteiger partial charge on any atom is -0.460 e. The molecule has 0 saturated carbocycles. The number of carbonyl (C=O) groups is 2. The van der Waals surface area contributed by atoms with Crippen LogP contribution in [0.4, 0.5) is 4.39 Å². The largest absolute Gasteiger partial charge is 0.460 e. The molecule has 4 nitrogen and oxygen atoms in total. The lowest BCUT2D eigenvalue weighted by Crippen LogP contribution is -2.25. The zero-order valence-electron chi connectivity index (χ0n) is 16.2. The van der Waals surface area contributed by atoms with Gasteiger partial charge in [0.1, 0.15) is 16.6 Å². The number of ketones is 1. The Hall–Kier alpha value is -1.98. The highest BCUT2D eigenvalue weighted by molar-refractivity contribution is 6.35. The first-order valence-corrected chi connectivity index (χ1v) is 9.65. The van der Waals surface area contributed by atoms with E-state index in [1.165, 1.54) is 30.5 Å². The van der Waals surface area contributed by atoms with Crippen molar-refractivity contribution < 1.29 is 18.7 Å². The summed E-state index contributed by atoms with van der Waals surface area (Å²) in [4.78, 5) is 28.8. The van der Waals surface area contributed by atoms with Gasteiger partial charge in [-0.3, -0.25) is 9.59 Å². The summed E-state index contributed by atoms with van der Waals surface area (Å²) in [5.41, 5.74) is -0.451. The van der Waals surface area contributed by atoms with Crippen molar-refractivity contribution in [1.82, 2.24) is 4.98 Å². The molecule has 1 aromatic carbocycles. The molecule has 0 bridgehead atoms. The highest BCUT2D eigenvalue weighted by Crippen LogP contribution is 2.33. The molecule has 1 aromatic heterocycles. The maximum Gasteiger partial charge on any atom is 0.306 e. The number of benzene rings is 1. The fourth-order valence-electron chi connectivity index (χ4n) is 2.81. The van der Waals surface area contributed by atoms with Gasteiger partial charge in [0.2, 0.25) is 0 Å². The minimum atomic E-state index is -0.733. The van der Waals surface area contributed by atoms with Crippen LogP contribution in [-0.2, 0) is 9.53 Å². The van der Waals surface area contributed by atoms with E-state index in [-0.39, 0.29) is 33.3 Å². The third kappa shape index (κ3) is 5.52. The Kier molecular flexibility index (Phi) is 7.18. The summed E-state index contributed by atoms with van der Waals surface area (Å²) in [5.74, 6) is -2.20. The summed E-state index contributed by atoms with van der Waals surface area (Å²) in [5, 5.41) is 0.216. The zero-order chi connectivity index (χ0) is 21.1. The SMILES string of the molecule is CC[C@@H](CC(=O)OC(C)(C)C)c1ccc(Cl)c(C(=O)c2ccc(Cl)nc2)c1F. The molecule has 0 aliphatic carbocycles. The molecule has 0 N–H and O–H groups in total. The van der Waals surface area contributed by atoms with Gasteiger partial charge in [0.15, 0.2) is 5.78 Å². The molecule has 7 heteroatoms. The van der Waals surface area contributed by atoms with Gasteiger partial charge < -0.3 is 4.74 Å². The highest BCUT2D eigenvalue weighted by atomic mass is 35.5. The Labute approximate surface area is 174 Å². The lowest BCUT2D eigenvalue weighted by Gasteiger charge is -2.22. The standard InChI is InChI=1S/C21H22Cl2FNO3/c1-5-12(10-17(26)28-21(2,3)4)14-7-8-15(22)18(19(14)24)20(27)13-6-9-16(23)25-11-13/h6-9,11-12H,5,10H2,1-4H3/t12-/m0/s1. The number of carbonyl (C=O) groups excluding carboxylic acids is 2. The second kappa shape index (κ2) is 9.01. The molecular formula is C21H22Cl2FNO3. The number of esters is 1. The van der Waals surface area contributed by atoms with Crippen LogP contribution >= 0.6 is 23.2 Å². The molecule has 0 spiro atoms. The summed E-state index contributed by atoms with van der Waals surface area (Å²) in [6.45, 7) is 7.15.